The predicted octanol–water partition coefficient (Wildman–Crippen LogP) is 3.25. The maximum atomic E-state index is 12.1. The third-order valence-electron chi connectivity index (χ3n) is 3.23. The van der Waals surface area contributed by atoms with Crippen molar-refractivity contribution in [1.29, 1.82) is 0 Å². The number of anilines is 1. The molecule has 2 aromatic rings. The summed E-state index contributed by atoms with van der Waals surface area (Å²) in [7, 11) is 1.59. The Balaban J connectivity index is 1.99. The molecule has 114 valence electrons. The molecule has 2 rings (SSSR count). The molecule has 0 aliphatic carbocycles. The van der Waals surface area contributed by atoms with Crippen molar-refractivity contribution in [3.8, 4) is 0 Å². The molecule has 0 fully saturated rings. The van der Waals surface area contributed by atoms with Crippen LogP contribution in [-0.4, -0.2) is 23.8 Å². The van der Waals surface area contributed by atoms with Crippen molar-refractivity contribution < 1.29 is 9.59 Å². The van der Waals surface area contributed by atoms with E-state index in [2.05, 4.69) is 5.32 Å². The molecule has 5 heteroatoms. The molecule has 2 amide bonds. The maximum absolute atomic E-state index is 12.1. The first-order valence-electron chi connectivity index (χ1n) is 6.84. The second-order valence-corrected chi connectivity index (χ2v) is 5.47. The summed E-state index contributed by atoms with van der Waals surface area (Å²) in [6, 6.07) is 14.6. The fourth-order valence-corrected chi connectivity index (χ4v) is 2.14. The van der Waals surface area contributed by atoms with Crippen molar-refractivity contribution in [1.82, 2.24) is 4.90 Å². The maximum Gasteiger partial charge on any atom is 0.313 e. The molecule has 22 heavy (non-hydrogen) atoms. The van der Waals surface area contributed by atoms with Crippen molar-refractivity contribution in [2.24, 2.45) is 0 Å². The minimum absolute atomic E-state index is 0.377. The number of rotatable bonds is 3. The number of amides is 2. The Morgan fingerprint density at radius 1 is 1.14 bits per heavy atom. The first-order chi connectivity index (χ1) is 10.5. The molecule has 0 atom stereocenters. The largest absolute Gasteiger partial charge is 0.333 e. The summed E-state index contributed by atoms with van der Waals surface area (Å²) in [5, 5.41) is 3.11. The van der Waals surface area contributed by atoms with E-state index in [0.29, 0.717) is 17.3 Å². The fraction of sp³-hybridized carbons (Fsp3) is 0.176. The van der Waals surface area contributed by atoms with Gasteiger partial charge in [-0.2, -0.15) is 0 Å². The SMILES string of the molecule is Cc1ccc(NC(=O)C(=O)N(C)Cc2ccccc2)cc1Cl. The van der Waals surface area contributed by atoms with Gasteiger partial charge in [-0.1, -0.05) is 48.0 Å². The van der Waals surface area contributed by atoms with E-state index in [1.54, 1.807) is 25.2 Å². The Morgan fingerprint density at radius 2 is 1.82 bits per heavy atom. The van der Waals surface area contributed by atoms with Gasteiger partial charge in [0.25, 0.3) is 0 Å². The summed E-state index contributed by atoms with van der Waals surface area (Å²) in [5.41, 5.74) is 2.37. The molecule has 4 nitrogen and oxygen atoms in total. The van der Waals surface area contributed by atoms with E-state index in [9.17, 15) is 9.59 Å². The molecule has 1 N–H and O–H groups in total. The summed E-state index contributed by atoms with van der Waals surface area (Å²) in [6.45, 7) is 2.24. The van der Waals surface area contributed by atoms with E-state index in [1.807, 2.05) is 37.3 Å². The summed E-state index contributed by atoms with van der Waals surface area (Å²) in [5.74, 6) is -1.28. The summed E-state index contributed by atoms with van der Waals surface area (Å²) in [4.78, 5) is 25.5. The van der Waals surface area contributed by atoms with Crippen LogP contribution in [-0.2, 0) is 16.1 Å². The fourth-order valence-electron chi connectivity index (χ4n) is 1.96. The number of hydrogen-bond donors (Lipinski definition) is 1. The zero-order valence-electron chi connectivity index (χ0n) is 12.5. The predicted molar refractivity (Wildman–Crippen MR) is 87.7 cm³/mol. The number of aryl methyl sites for hydroxylation is 1. The number of nitrogens with one attached hydrogen (secondary N) is 1. The van der Waals surface area contributed by atoms with Crippen molar-refractivity contribution in [3.63, 3.8) is 0 Å². The van der Waals surface area contributed by atoms with Crippen LogP contribution < -0.4 is 5.32 Å². The molecule has 2 aromatic carbocycles. The molecular weight excluding hydrogens is 300 g/mol. The third kappa shape index (κ3) is 4.09. The number of carbonyl (C=O) groups is 2. The van der Waals surface area contributed by atoms with Gasteiger partial charge in [0.05, 0.1) is 0 Å². The average Bonchev–Trinajstić information content (AvgIpc) is 2.51. The number of halogens is 1. The number of benzene rings is 2. The molecule has 0 aromatic heterocycles. The Morgan fingerprint density at radius 3 is 2.45 bits per heavy atom. The lowest BCUT2D eigenvalue weighted by Crippen LogP contribution is -2.36. The smallest absolute Gasteiger partial charge is 0.313 e. The van der Waals surface area contributed by atoms with Gasteiger partial charge in [0.15, 0.2) is 0 Å². The van der Waals surface area contributed by atoms with Gasteiger partial charge in [0.2, 0.25) is 0 Å². The minimum Gasteiger partial charge on any atom is -0.333 e. The Hall–Kier alpha value is -2.33. The second kappa shape index (κ2) is 7.09. The summed E-state index contributed by atoms with van der Waals surface area (Å²) in [6.07, 6.45) is 0. The molecule has 0 bridgehead atoms. The van der Waals surface area contributed by atoms with Gasteiger partial charge in [-0.25, -0.2) is 0 Å². The highest BCUT2D eigenvalue weighted by Gasteiger charge is 2.19. The van der Waals surface area contributed by atoms with Crippen LogP contribution in [0.2, 0.25) is 5.02 Å². The van der Waals surface area contributed by atoms with Crippen LogP contribution in [0.4, 0.5) is 5.69 Å². The number of carbonyl (C=O) groups excluding carboxylic acids is 2. The van der Waals surface area contributed by atoms with Gasteiger partial charge in [-0.05, 0) is 30.2 Å². The molecule has 0 saturated carbocycles. The van der Waals surface area contributed by atoms with Crippen LogP contribution in [0.3, 0.4) is 0 Å². The highest BCUT2D eigenvalue weighted by atomic mass is 35.5. The first kappa shape index (κ1) is 16.0. The Labute approximate surface area is 134 Å². The summed E-state index contributed by atoms with van der Waals surface area (Å²) < 4.78 is 0. The van der Waals surface area contributed by atoms with Crippen molar-refractivity contribution >= 4 is 29.1 Å². The Bertz CT molecular complexity index is 686. The minimum atomic E-state index is -0.682. The van der Waals surface area contributed by atoms with Crippen LogP contribution in [0.15, 0.2) is 48.5 Å². The number of hydrogen-bond acceptors (Lipinski definition) is 2. The normalized spacial score (nSPS) is 10.1. The van der Waals surface area contributed by atoms with Crippen molar-refractivity contribution in [2.45, 2.75) is 13.5 Å². The van der Waals surface area contributed by atoms with Gasteiger partial charge >= 0.3 is 11.8 Å². The molecule has 0 unspecified atom stereocenters. The zero-order valence-corrected chi connectivity index (χ0v) is 13.2. The van der Waals surface area contributed by atoms with E-state index in [1.165, 1.54) is 4.90 Å². The highest BCUT2D eigenvalue weighted by Crippen LogP contribution is 2.20. The van der Waals surface area contributed by atoms with E-state index in [0.717, 1.165) is 11.1 Å². The van der Waals surface area contributed by atoms with Gasteiger partial charge in [0.1, 0.15) is 0 Å². The van der Waals surface area contributed by atoms with Crippen LogP contribution in [0.1, 0.15) is 11.1 Å². The molecule has 0 aliphatic rings. The zero-order chi connectivity index (χ0) is 16.1. The van der Waals surface area contributed by atoms with Crippen molar-refractivity contribution in [3.05, 3.63) is 64.7 Å². The Kier molecular flexibility index (Phi) is 5.17. The van der Waals surface area contributed by atoms with Gasteiger partial charge < -0.3 is 10.2 Å². The quantitative estimate of drug-likeness (QED) is 0.884. The van der Waals surface area contributed by atoms with Gasteiger partial charge in [-0.15, -0.1) is 0 Å². The number of likely N-dealkylation sites (N-methyl/N-ethyl adjacent to an activating group) is 1. The number of nitrogens with zero attached hydrogens (tertiary/aromatic N) is 1. The molecule has 0 radical (unpaired) electrons. The van der Waals surface area contributed by atoms with E-state index >= 15 is 0 Å². The van der Waals surface area contributed by atoms with E-state index in [-0.39, 0.29) is 0 Å². The van der Waals surface area contributed by atoms with Crippen LogP contribution in [0.5, 0.6) is 0 Å². The second-order valence-electron chi connectivity index (χ2n) is 5.06. The molecular formula is C17H17ClN2O2. The van der Waals surface area contributed by atoms with Crippen molar-refractivity contribution in [2.75, 3.05) is 12.4 Å². The van der Waals surface area contributed by atoms with Gasteiger partial charge in [0, 0.05) is 24.3 Å². The monoisotopic (exact) mass is 316 g/mol. The average molecular weight is 317 g/mol. The lowest BCUT2D eigenvalue weighted by Gasteiger charge is -2.16. The standard InChI is InChI=1S/C17H17ClN2O2/c1-12-8-9-14(10-15(12)18)19-16(21)17(22)20(2)11-13-6-4-3-5-7-13/h3-10H,11H2,1-2H3,(H,19,21). The lowest BCUT2D eigenvalue weighted by atomic mass is 10.2. The third-order valence-corrected chi connectivity index (χ3v) is 3.64. The first-order valence-corrected chi connectivity index (χ1v) is 7.21. The topological polar surface area (TPSA) is 49.4 Å². The molecule has 0 spiro atoms. The van der Waals surface area contributed by atoms with Crippen LogP contribution in [0.25, 0.3) is 0 Å². The van der Waals surface area contributed by atoms with E-state index in [4.69, 9.17) is 11.6 Å². The molecule has 0 aliphatic heterocycles. The van der Waals surface area contributed by atoms with Crippen LogP contribution >= 0.6 is 11.6 Å². The van der Waals surface area contributed by atoms with Crippen LogP contribution in [0, 0.1) is 6.92 Å². The highest BCUT2D eigenvalue weighted by molar-refractivity contribution is 6.39. The molecule has 0 heterocycles. The van der Waals surface area contributed by atoms with Gasteiger partial charge in [-0.3, -0.25) is 9.59 Å². The summed E-state index contributed by atoms with van der Waals surface area (Å²) >= 11 is 6.00. The van der Waals surface area contributed by atoms with E-state index < -0.39 is 11.8 Å². The lowest BCUT2D eigenvalue weighted by molar-refractivity contribution is -0.142. The molecule has 0 saturated heterocycles.